The van der Waals surface area contributed by atoms with Gasteiger partial charge < -0.3 is 15.0 Å². The lowest BCUT2D eigenvalue weighted by Gasteiger charge is -2.32. The zero-order valence-electron chi connectivity index (χ0n) is 12.5. The van der Waals surface area contributed by atoms with Gasteiger partial charge in [0.25, 0.3) is 0 Å². The van der Waals surface area contributed by atoms with Crippen molar-refractivity contribution in [3.05, 3.63) is 35.9 Å². The van der Waals surface area contributed by atoms with E-state index in [2.05, 4.69) is 5.32 Å². The third kappa shape index (κ3) is 5.22. The summed E-state index contributed by atoms with van der Waals surface area (Å²) in [5, 5.41) is 2.77. The van der Waals surface area contributed by atoms with Crippen LogP contribution in [0.15, 0.2) is 30.3 Å². The van der Waals surface area contributed by atoms with Gasteiger partial charge in [-0.25, -0.2) is 4.79 Å². The largest absolute Gasteiger partial charge is 0.445 e. The summed E-state index contributed by atoms with van der Waals surface area (Å²) in [7, 11) is 0. The minimum atomic E-state index is -0.426. The van der Waals surface area contributed by atoms with Crippen LogP contribution < -0.4 is 5.32 Å². The molecule has 1 aliphatic rings. The topological polar surface area (TPSA) is 58.6 Å². The van der Waals surface area contributed by atoms with Crippen molar-refractivity contribution in [3.63, 3.8) is 0 Å². The fraction of sp³-hybridized carbons (Fsp3) is 0.500. The molecule has 2 rings (SSSR count). The van der Waals surface area contributed by atoms with E-state index in [1.165, 1.54) is 0 Å². The van der Waals surface area contributed by atoms with E-state index in [1.54, 1.807) is 4.90 Å². The number of nitrogens with zero attached hydrogens (tertiary/aromatic N) is 1. The molecule has 0 unspecified atom stereocenters. The maximum Gasteiger partial charge on any atom is 0.407 e. The lowest BCUT2D eigenvalue weighted by molar-refractivity contribution is -0.130. The normalized spacial score (nSPS) is 17.9. The Labute approximate surface area is 135 Å². The molecule has 1 atom stereocenters. The highest BCUT2D eigenvalue weighted by atomic mass is 35.5. The Morgan fingerprint density at radius 1 is 1.32 bits per heavy atom. The first kappa shape index (κ1) is 16.6. The zero-order valence-corrected chi connectivity index (χ0v) is 13.2. The van der Waals surface area contributed by atoms with Crippen LogP contribution in [-0.4, -0.2) is 42.4 Å². The van der Waals surface area contributed by atoms with Crippen LogP contribution in [0, 0.1) is 5.92 Å². The number of piperidine rings is 1. The number of carbonyl (C=O) groups excluding carboxylic acids is 2. The minimum Gasteiger partial charge on any atom is -0.445 e. The van der Waals surface area contributed by atoms with Crippen molar-refractivity contribution < 1.29 is 14.3 Å². The molecule has 1 aliphatic heterocycles. The summed E-state index contributed by atoms with van der Waals surface area (Å²) in [6, 6.07) is 9.54. The minimum absolute atomic E-state index is 0.0132. The molecule has 0 radical (unpaired) electrons. The van der Waals surface area contributed by atoms with Gasteiger partial charge in [0, 0.05) is 19.6 Å². The molecule has 22 heavy (non-hydrogen) atoms. The van der Waals surface area contributed by atoms with Gasteiger partial charge in [0.2, 0.25) is 5.91 Å². The van der Waals surface area contributed by atoms with Crippen LogP contribution in [-0.2, 0) is 16.1 Å². The van der Waals surface area contributed by atoms with Crippen molar-refractivity contribution in [2.45, 2.75) is 19.4 Å². The van der Waals surface area contributed by atoms with E-state index in [0.717, 1.165) is 24.9 Å². The van der Waals surface area contributed by atoms with E-state index in [-0.39, 0.29) is 24.3 Å². The average Bonchev–Trinajstić information content (AvgIpc) is 2.58. The summed E-state index contributed by atoms with van der Waals surface area (Å²) in [6.07, 6.45) is 1.50. The fourth-order valence-electron chi connectivity index (χ4n) is 2.54. The molecular formula is C16H21ClN2O3. The second-order valence-electron chi connectivity index (χ2n) is 5.42. The Kier molecular flexibility index (Phi) is 6.52. The number of rotatable bonds is 5. The van der Waals surface area contributed by atoms with Crippen LogP contribution in [0.5, 0.6) is 0 Å². The third-order valence-electron chi connectivity index (χ3n) is 3.73. The van der Waals surface area contributed by atoms with E-state index >= 15 is 0 Å². The van der Waals surface area contributed by atoms with Crippen molar-refractivity contribution in [1.29, 1.82) is 0 Å². The van der Waals surface area contributed by atoms with E-state index in [0.29, 0.717) is 13.1 Å². The maximum absolute atomic E-state index is 11.7. The van der Waals surface area contributed by atoms with Crippen molar-refractivity contribution >= 4 is 23.6 Å². The number of hydrogen-bond acceptors (Lipinski definition) is 3. The van der Waals surface area contributed by atoms with Crippen LogP contribution in [0.4, 0.5) is 4.79 Å². The van der Waals surface area contributed by atoms with Gasteiger partial charge in [-0.2, -0.15) is 0 Å². The van der Waals surface area contributed by atoms with Gasteiger partial charge in [-0.15, -0.1) is 11.6 Å². The first-order chi connectivity index (χ1) is 10.7. The Morgan fingerprint density at radius 3 is 2.82 bits per heavy atom. The van der Waals surface area contributed by atoms with Crippen LogP contribution in [0.2, 0.25) is 0 Å². The summed E-state index contributed by atoms with van der Waals surface area (Å²) in [5.74, 6) is 0.224. The average molecular weight is 325 g/mol. The van der Waals surface area contributed by atoms with Gasteiger partial charge >= 0.3 is 6.09 Å². The molecule has 0 aliphatic carbocycles. The number of alkyl halides is 1. The van der Waals surface area contributed by atoms with Crippen LogP contribution in [0.3, 0.4) is 0 Å². The molecular weight excluding hydrogens is 304 g/mol. The molecule has 120 valence electrons. The quantitative estimate of drug-likeness (QED) is 0.846. The number of nitrogens with one attached hydrogen (secondary N) is 1. The number of ether oxygens (including phenoxy) is 1. The molecule has 0 spiro atoms. The smallest absolute Gasteiger partial charge is 0.407 e. The van der Waals surface area contributed by atoms with Crippen LogP contribution in [0.1, 0.15) is 18.4 Å². The van der Waals surface area contributed by atoms with E-state index in [9.17, 15) is 9.59 Å². The highest BCUT2D eigenvalue weighted by Crippen LogP contribution is 2.16. The summed E-state index contributed by atoms with van der Waals surface area (Å²) >= 11 is 5.58. The highest BCUT2D eigenvalue weighted by Gasteiger charge is 2.23. The van der Waals surface area contributed by atoms with Crippen LogP contribution in [0.25, 0.3) is 0 Å². The molecule has 1 fully saturated rings. The first-order valence-electron chi connectivity index (χ1n) is 7.47. The fourth-order valence-corrected chi connectivity index (χ4v) is 2.71. The van der Waals surface area contributed by atoms with Gasteiger partial charge in [0.05, 0.1) is 0 Å². The van der Waals surface area contributed by atoms with Crippen molar-refractivity contribution in [3.8, 4) is 0 Å². The molecule has 5 nitrogen and oxygen atoms in total. The SMILES string of the molecule is O=C(NC[C@@H]1CCCN(C(=O)CCl)C1)OCc1ccccc1. The number of alkyl carbamates (subject to hydrolysis) is 1. The molecule has 0 aromatic heterocycles. The number of halogens is 1. The van der Waals surface area contributed by atoms with E-state index in [1.807, 2.05) is 30.3 Å². The summed E-state index contributed by atoms with van der Waals surface area (Å²) in [4.78, 5) is 25.0. The standard InChI is InChI=1S/C16H21ClN2O3/c17-9-15(20)19-8-4-7-14(11-19)10-18-16(21)22-12-13-5-2-1-3-6-13/h1-3,5-6,14H,4,7-12H2,(H,18,21)/t14-/m0/s1. The van der Waals surface area contributed by atoms with Crippen molar-refractivity contribution in [2.24, 2.45) is 5.92 Å². The summed E-state index contributed by atoms with van der Waals surface area (Å²) < 4.78 is 5.16. The molecule has 0 bridgehead atoms. The van der Waals surface area contributed by atoms with Gasteiger partial charge in [0.1, 0.15) is 12.5 Å². The van der Waals surface area contributed by atoms with E-state index in [4.69, 9.17) is 16.3 Å². The van der Waals surface area contributed by atoms with Gasteiger partial charge in [-0.05, 0) is 24.3 Å². The number of carbonyl (C=O) groups is 2. The Bertz CT molecular complexity index is 495. The molecule has 0 saturated carbocycles. The number of benzene rings is 1. The number of amides is 2. The molecule has 6 heteroatoms. The summed E-state index contributed by atoms with van der Waals surface area (Å²) in [5.41, 5.74) is 0.953. The lowest BCUT2D eigenvalue weighted by Crippen LogP contribution is -2.44. The Morgan fingerprint density at radius 2 is 2.09 bits per heavy atom. The number of likely N-dealkylation sites (tertiary alicyclic amines) is 1. The van der Waals surface area contributed by atoms with Gasteiger partial charge in [0.15, 0.2) is 0 Å². The summed E-state index contributed by atoms with van der Waals surface area (Å²) in [6.45, 7) is 2.17. The van der Waals surface area contributed by atoms with Crippen LogP contribution >= 0.6 is 11.6 Å². The van der Waals surface area contributed by atoms with Gasteiger partial charge in [-0.3, -0.25) is 4.79 Å². The first-order valence-corrected chi connectivity index (χ1v) is 8.00. The number of hydrogen-bond donors (Lipinski definition) is 1. The predicted octanol–water partition coefficient (Wildman–Crippen LogP) is 2.39. The third-order valence-corrected chi connectivity index (χ3v) is 3.96. The Balaban J connectivity index is 1.68. The van der Waals surface area contributed by atoms with Gasteiger partial charge in [-0.1, -0.05) is 30.3 Å². The highest BCUT2D eigenvalue weighted by molar-refractivity contribution is 6.27. The second-order valence-corrected chi connectivity index (χ2v) is 5.69. The lowest BCUT2D eigenvalue weighted by atomic mass is 9.98. The Hall–Kier alpha value is -1.75. The predicted molar refractivity (Wildman–Crippen MR) is 84.7 cm³/mol. The maximum atomic E-state index is 11.7. The molecule has 2 amide bonds. The van der Waals surface area contributed by atoms with E-state index < -0.39 is 6.09 Å². The second kappa shape index (κ2) is 8.63. The molecule has 1 N–H and O–H groups in total. The monoisotopic (exact) mass is 324 g/mol. The molecule has 1 saturated heterocycles. The molecule has 1 aromatic carbocycles. The molecule has 1 aromatic rings. The zero-order chi connectivity index (χ0) is 15.8. The van der Waals surface area contributed by atoms with Crippen molar-refractivity contribution in [1.82, 2.24) is 10.2 Å². The van der Waals surface area contributed by atoms with Crippen molar-refractivity contribution in [2.75, 3.05) is 25.5 Å². The molecule has 1 heterocycles.